The van der Waals surface area contributed by atoms with Crippen molar-refractivity contribution in [1.82, 2.24) is 19.4 Å². The van der Waals surface area contributed by atoms with Gasteiger partial charge in [-0.25, -0.2) is 4.98 Å². The van der Waals surface area contributed by atoms with Gasteiger partial charge in [-0.3, -0.25) is 0 Å². The first-order valence-corrected chi connectivity index (χ1v) is 12.0. The van der Waals surface area contributed by atoms with Crippen molar-refractivity contribution in [3.8, 4) is 5.75 Å². The highest BCUT2D eigenvalue weighted by Gasteiger charge is 2.20. The van der Waals surface area contributed by atoms with Gasteiger partial charge in [-0.05, 0) is 51.9 Å². The molecule has 8 heteroatoms. The van der Waals surface area contributed by atoms with Gasteiger partial charge in [-0.2, -0.15) is 4.98 Å². The van der Waals surface area contributed by atoms with Gasteiger partial charge >= 0.3 is 0 Å². The number of aromatic nitrogens is 3. The van der Waals surface area contributed by atoms with Crippen LogP contribution in [0.2, 0.25) is 0 Å². The van der Waals surface area contributed by atoms with Crippen molar-refractivity contribution in [3.05, 3.63) is 36.7 Å². The molecule has 2 fully saturated rings. The summed E-state index contributed by atoms with van der Waals surface area (Å²) < 4.78 is 14.2. The molecule has 1 atom stereocenters. The fourth-order valence-electron chi connectivity index (χ4n) is 4.56. The minimum Gasteiger partial charge on any atom is -0.489 e. The Bertz CT molecular complexity index is 1080. The van der Waals surface area contributed by atoms with Crippen molar-refractivity contribution >= 4 is 28.4 Å². The maximum atomic E-state index is 6.20. The second-order valence-corrected chi connectivity index (χ2v) is 9.34. The third-order valence-corrected chi connectivity index (χ3v) is 6.35. The number of piperazine rings is 1. The van der Waals surface area contributed by atoms with E-state index in [0.717, 1.165) is 80.3 Å². The number of likely N-dealkylation sites (N-methyl/N-ethyl adjacent to an activating group) is 1. The first-order chi connectivity index (χ1) is 16.0. The van der Waals surface area contributed by atoms with E-state index in [2.05, 4.69) is 76.0 Å². The Labute approximate surface area is 195 Å². The maximum absolute atomic E-state index is 6.20. The number of rotatable bonds is 7. The third-order valence-electron chi connectivity index (χ3n) is 6.35. The van der Waals surface area contributed by atoms with Gasteiger partial charge < -0.3 is 29.2 Å². The average Bonchev–Trinajstić information content (AvgIpc) is 3.45. The standard InChI is InChI=1S/C25H34N6O2/c1-18(2)33-23-15-20(6-7-22(23)30-12-10-29(3)11-13-30)27-25-26-16-19-8-9-31(24(19)28-25)17-21-5-4-14-32-21/h6-9,15-16,18,21H,4-5,10-14,17H2,1-3H3,(H,26,27,28). The Morgan fingerprint density at radius 2 is 2.03 bits per heavy atom. The molecule has 1 aromatic carbocycles. The van der Waals surface area contributed by atoms with Crippen LogP contribution >= 0.6 is 0 Å². The van der Waals surface area contributed by atoms with Crippen LogP contribution in [0.4, 0.5) is 17.3 Å². The van der Waals surface area contributed by atoms with Crippen molar-refractivity contribution in [2.45, 2.75) is 45.4 Å². The predicted molar refractivity (Wildman–Crippen MR) is 132 cm³/mol. The van der Waals surface area contributed by atoms with E-state index in [-0.39, 0.29) is 12.2 Å². The first-order valence-electron chi connectivity index (χ1n) is 12.0. The minimum atomic E-state index is 0.0974. The molecule has 0 saturated carbocycles. The largest absolute Gasteiger partial charge is 0.489 e. The van der Waals surface area contributed by atoms with E-state index in [0.29, 0.717) is 5.95 Å². The summed E-state index contributed by atoms with van der Waals surface area (Å²) in [7, 11) is 2.17. The molecule has 1 N–H and O–H groups in total. The number of hydrogen-bond acceptors (Lipinski definition) is 7. The molecule has 0 spiro atoms. The molecule has 5 rings (SSSR count). The monoisotopic (exact) mass is 450 g/mol. The van der Waals surface area contributed by atoms with E-state index in [4.69, 9.17) is 14.5 Å². The normalized spacial score (nSPS) is 19.5. The lowest BCUT2D eigenvalue weighted by atomic mass is 10.2. The first kappa shape index (κ1) is 22.0. The van der Waals surface area contributed by atoms with Crippen LogP contribution < -0.4 is 15.0 Å². The van der Waals surface area contributed by atoms with Crippen molar-refractivity contribution in [3.63, 3.8) is 0 Å². The molecule has 1 unspecified atom stereocenters. The molecule has 0 bridgehead atoms. The topological polar surface area (TPSA) is 67.7 Å². The molecular weight excluding hydrogens is 416 g/mol. The van der Waals surface area contributed by atoms with Gasteiger partial charge in [0, 0.05) is 62.3 Å². The van der Waals surface area contributed by atoms with Crippen LogP contribution in [-0.2, 0) is 11.3 Å². The summed E-state index contributed by atoms with van der Waals surface area (Å²) in [5.74, 6) is 1.47. The number of anilines is 3. The van der Waals surface area contributed by atoms with Gasteiger partial charge in [0.25, 0.3) is 0 Å². The van der Waals surface area contributed by atoms with E-state index < -0.39 is 0 Å². The lowest BCUT2D eigenvalue weighted by Crippen LogP contribution is -2.44. The zero-order valence-corrected chi connectivity index (χ0v) is 19.8. The van der Waals surface area contributed by atoms with Crippen LogP contribution in [0.25, 0.3) is 11.0 Å². The maximum Gasteiger partial charge on any atom is 0.229 e. The number of hydrogen-bond donors (Lipinski definition) is 1. The van der Waals surface area contributed by atoms with Gasteiger partial charge in [0.2, 0.25) is 5.95 Å². The molecule has 0 amide bonds. The fourth-order valence-corrected chi connectivity index (χ4v) is 4.56. The summed E-state index contributed by atoms with van der Waals surface area (Å²) in [6, 6.07) is 8.35. The molecular formula is C25H34N6O2. The number of ether oxygens (including phenoxy) is 2. The minimum absolute atomic E-state index is 0.0974. The molecule has 8 nitrogen and oxygen atoms in total. The van der Waals surface area contributed by atoms with E-state index >= 15 is 0 Å². The number of nitrogens with one attached hydrogen (secondary N) is 1. The van der Waals surface area contributed by atoms with Crippen LogP contribution in [0, 0.1) is 0 Å². The van der Waals surface area contributed by atoms with Crippen LogP contribution in [-0.4, -0.2) is 71.5 Å². The zero-order chi connectivity index (χ0) is 22.8. The van der Waals surface area contributed by atoms with Crippen LogP contribution in [0.1, 0.15) is 26.7 Å². The summed E-state index contributed by atoms with van der Waals surface area (Å²) in [6.07, 6.45) is 6.56. The Hall–Kier alpha value is -2.84. The highest BCUT2D eigenvalue weighted by atomic mass is 16.5. The van der Waals surface area contributed by atoms with Crippen molar-refractivity contribution in [2.75, 3.05) is 50.1 Å². The number of nitrogens with zero attached hydrogens (tertiary/aromatic N) is 5. The average molecular weight is 451 g/mol. The van der Waals surface area contributed by atoms with E-state index in [1.165, 1.54) is 0 Å². The Morgan fingerprint density at radius 3 is 2.79 bits per heavy atom. The quantitative estimate of drug-likeness (QED) is 0.586. The van der Waals surface area contributed by atoms with E-state index in [9.17, 15) is 0 Å². The van der Waals surface area contributed by atoms with Crippen LogP contribution in [0.3, 0.4) is 0 Å². The van der Waals surface area contributed by atoms with Crippen molar-refractivity contribution in [1.29, 1.82) is 0 Å². The van der Waals surface area contributed by atoms with E-state index in [1.807, 2.05) is 6.20 Å². The fraction of sp³-hybridized carbons (Fsp3) is 0.520. The van der Waals surface area contributed by atoms with E-state index in [1.54, 1.807) is 0 Å². The Morgan fingerprint density at radius 1 is 1.18 bits per heavy atom. The second kappa shape index (κ2) is 9.57. The molecule has 2 aromatic heterocycles. The summed E-state index contributed by atoms with van der Waals surface area (Å²) in [6.45, 7) is 9.92. The molecule has 2 aliphatic rings. The molecule has 2 aliphatic heterocycles. The molecule has 2 saturated heterocycles. The number of fused-ring (bicyclic) bond motifs is 1. The summed E-state index contributed by atoms with van der Waals surface area (Å²) in [5.41, 5.74) is 2.99. The lowest BCUT2D eigenvalue weighted by molar-refractivity contribution is 0.0979. The van der Waals surface area contributed by atoms with Gasteiger partial charge in [0.05, 0.1) is 24.4 Å². The highest BCUT2D eigenvalue weighted by Crippen LogP contribution is 2.34. The van der Waals surface area contributed by atoms with Crippen molar-refractivity contribution in [2.24, 2.45) is 0 Å². The van der Waals surface area contributed by atoms with Crippen molar-refractivity contribution < 1.29 is 9.47 Å². The molecule has 4 heterocycles. The molecule has 3 aromatic rings. The highest BCUT2D eigenvalue weighted by molar-refractivity contribution is 5.77. The molecule has 0 radical (unpaired) electrons. The third kappa shape index (κ3) is 5.07. The smallest absolute Gasteiger partial charge is 0.229 e. The Kier molecular flexibility index (Phi) is 6.37. The molecule has 33 heavy (non-hydrogen) atoms. The lowest BCUT2D eigenvalue weighted by Gasteiger charge is -2.35. The summed E-state index contributed by atoms with van der Waals surface area (Å²) >= 11 is 0. The molecule has 0 aliphatic carbocycles. The van der Waals surface area contributed by atoms with Gasteiger partial charge in [0.1, 0.15) is 11.4 Å². The van der Waals surface area contributed by atoms with Gasteiger partial charge in [0.15, 0.2) is 0 Å². The number of benzene rings is 1. The predicted octanol–water partition coefficient (Wildman–Crippen LogP) is 3.89. The summed E-state index contributed by atoms with van der Waals surface area (Å²) in [5, 5.41) is 4.42. The molecule has 176 valence electrons. The zero-order valence-electron chi connectivity index (χ0n) is 19.8. The summed E-state index contributed by atoms with van der Waals surface area (Å²) in [4.78, 5) is 14.1. The SMILES string of the molecule is CC(C)Oc1cc(Nc2ncc3ccn(CC4CCCO4)c3n2)ccc1N1CCN(C)CC1. The Balaban J connectivity index is 1.37. The second-order valence-electron chi connectivity index (χ2n) is 9.34. The van der Waals surface area contributed by atoms with Gasteiger partial charge in [-0.15, -0.1) is 0 Å². The van der Waals surface area contributed by atoms with Crippen LogP contribution in [0.15, 0.2) is 36.7 Å². The van der Waals surface area contributed by atoms with Crippen LogP contribution in [0.5, 0.6) is 5.75 Å². The van der Waals surface area contributed by atoms with Gasteiger partial charge in [-0.1, -0.05) is 0 Å².